The quantitative estimate of drug-likeness (QED) is 0.700. The molecular formula is C16H16N2O. The molecule has 4 rings (SSSR count). The molecule has 0 spiro atoms. The van der Waals surface area contributed by atoms with Crippen LogP contribution in [-0.2, 0) is 0 Å². The van der Waals surface area contributed by atoms with Gasteiger partial charge in [0.1, 0.15) is 5.71 Å². The zero-order valence-electron chi connectivity index (χ0n) is 11.0. The van der Waals surface area contributed by atoms with E-state index in [0.717, 1.165) is 35.6 Å². The van der Waals surface area contributed by atoms with Crippen molar-refractivity contribution in [2.75, 3.05) is 0 Å². The Morgan fingerprint density at radius 3 is 2.58 bits per heavy atom. The highest BCUT2D eigenvalue weighted by Gasteiger charge is 2.39. The Morgan fingerprint density at radius 2 is 1.74 bits per heavy atom. The van der Waals surface area contributed by atoms with Crippen LogP contribution in [0.15, 0.2) is 34.3 Å². The van der Waals surface area contributed by atoms with Gasteiger partial charge in [-0.05, 0) is 25.2 Å². The molecule has 2 aliphatic carbocycles. The summed E-state index contributed by atoms with van der Waals surface area (Å²) in [7, 11) is 0. The smallest absolute Gasteiger partial charge is 0.213 e. The van der Waals surface area contributed by atoms with Gasteiger partial charge in [0.2, 0.25) is 5.78 Å². The summed E-state index contributed by atoms with van der Waals surface area (Å²) < 4.78 is 0. The van der Waals surface area contributed by atoms with Crippen molar-refractivity contribution in [3.05, 3.63) is 35.4 Å². The Labute approximate surface area is 112 Å². The minimum Gasteiger partial charge on any atom is -0.287 e. The standard InChI is InChI=1S/C16H16N2O/c1-9-6-7-12-13(8-9)18-14-10-4-2-3-5-11(10)16(19)15(14)17-12/h2-5,9,12-13H,6-8H2,1H3. The highest BCUT2D eigenvalue weighted by atomic mass is 16.1. The van der Waals surface area contributed by atoms with Gasteiger partial charge in [0.05, 0.1) is 17.8 Å². The van der Waals surface area contributed by atoms with Gasteiger partial charge in [-0.25, -0.2) is 0 Å². The van der Waals surface area contributed by atoms with Crippen molar-refractivity contribution in [1.82, 2.24) is 0 Å². The number of Topliss-reactive ketones (excluding diaryl/α,β-unsaturated/α-hetero) is 1. The van der Waals surface area contributed by atoms with Gasteiger partial charge < -0.3 is 0 Å². The van der Waals surface area contributed by atoms with Crippen molar-refractivity contribution in [2.24, 2.45) is 15.9 Å². The lowest BCUT2D eigenvalue weighted by Crippen LogP contribution is -2.37. The summed E-state index contributed by atoms with van der Waals surface area (Å²) in [4.78, 5) is 22.0. The summed E-state index contributed by atoms with van der Waals surface area (Å²) in [6.45, 7) is 2.28. The predicted molar refractivity (Wildman–Crippen MR) is 75.3 cm³/mol. The van der Waals surface area contributed by atoms with E-state index in [1.54, 1.807) is 0 Å². The van der Waals surface area contributed by atoms with Gasteiger partial charge in [-0.3, -0.25) is 14.8 Å². The van der Waals surface area contributed by atoms with E-state index in [0.29, 0.717) is 5.71 Å². The fourth-order valence-electron chi connectivity index (χ4n) is 3.46. The van der Waals surface area contributed by atoms with Crippen LogP contribution >= 0.6 is 0 Å². The van der Waals surface area contributed by atoms with Crippen LogP contribution < -0.4 is 0 Å². The first kappa shape index (κ1) is 11.1. The molecule has 96 valence electrons. The van der Waals surface area contributed by atoms with E-state index in [1.807, 2.05) is 24.3 Å². The van der Waals surface area contributed by atoms with Gasteiger partial charge in [-0.1, -0.05) is 31.2 Å². The summed E-state index contributed by atoms with van der Waals surface area (Å²) in [5.74, 6) is 0.779. The molecule has 3 atom stereocenters. The first-order chi connectivity index (χ1) is 9.24. The van der Waals surface area contributed by atoms with Crippen molar-refractivity contribution in [1.29, 1.82) is 0 Å². The van der Waals surface area contributed by atoms with E-state index in [2.05, 4.69) is 6.92 Å². The Bertz CT molecular complexity index is 629. The van der Waals surface area contributed by atoms with Crippen molar-refractivity contribution in [2.45, 2.75) is 38.3 Å². The lowest BCUT2D eigenvalue weighted by molar-refractivity contribution is 0.106. The summed E-state index contributed by atoms with van der Waals surface area (Å²) in [5.41, 5.74) is 3.20. The Balaban J connectivity index is 1.83. The Hall–Kier alpha value is -1.77. The third-order valence-electron chi connectivity index (χ3n) is 4.50. The molecule has 1 saturated carbocycles. The lowest BCUT2D eigenvalue weighted by Gasteiger charge is -2.32. The molecule has 3 aliphatic rings. The topological polar surface area (TPSA) is 41.8 Å². The molecule has 0 saturated heterocycles. The molecule has 19 heavy (non-hydrogen) atoms. The van der Waals surface area contributed by atoms with Crippen molar-refractivity contribution < 1.29 is 4.79 Å². The number of hydrogen-bond acceptors (Lipinski definition) is 3. The summed E-state index contributed by atoms with van der Waals surface area (Å²) in [6, 6.07) is 8.25. The van der Waals surface area contributed by atoms with Gasteiger partial charge >= 0.3 is 0 Å². The van der Waals surface area contributed by atoms with Crippen LogP contribution in [0, 0.1) is 5.92 Å². The van der Waals surface area contributed by atoms with Gasteiger partial charge in [-0.15, -0.1) is 0 Å². The molecule has 0 N–H and O–H groups in total. The van der Waals surface area contributed by atoms with E-state index in [9.17, 15) is 4.79 Å². The fourth-order valence-corrected chi connectivity index (χ4v) is 3.46. The molecule has 0 bridgehead atoms. The van der Waals surface area contributed by atoms with E-state index >= 15 is 0 Å². The van der Waals surface area contributed by atoms with Crippen LogP contribution in [0.3, 0.4) is 0 Å². The van der Waals surface area contributed by atoms with Crippen LogP contribution in [0.25, 0.3) is 0 Å². The van der Waals surface area contributed by atoms with Crippen LogP contribution in [-0.4, -0.2) is 29.3 Å². The molecule has 0 aromatic heterocycles. The first-order valence-corrected chi connectivity index (χ1v) is 7.04. The number of carbonyl (C=O) groups excluding carboxylic acids is 1. The second kappa shape index (κ2) is 3.86. The molecule has 0 amide bonds. The van der Waals surface area contributed by atoms with Crippen molar-refractivity contribution in [3.63, 3.8) is 0 Å². The largest absolute Gasteiger partial charge is 0.287 e. The number of hydrogen-bond donors (Lipinski definition) is 0. The zero-order valence-corrected chi connectivity index (χ0v) is 11.0. The second-order valence-electron chi connectivity index (χ2n) is 5.88. The number of benzene rings is 1. The maximum Gasteiger partial charge on any atom is 0.213 e. The molecular weight excluding hydrogens is 236 g/mol. The molecule has 3 nitrogen and oxygen atoms in total. The van der Waals surface area contributed by atoms with E-state index in [1.165, 1.54) is 6.42 Å². The molecule has 3 heteroatoms. The normalized spacial score (nSPS) is 32.1. The highest BCUT2D eigenvalue weighted by molar-refractivity contribution is 6.78. The number of ketones is 1. The number of carbonyl (C=O) groups is 1. The van der Waals surface area contributed by atoms with E-state index < -0.39 is 0 Å². The maximum atomic E-state index is 12.4. The van der Waals surface area contributed by atoms with Crippen molar-refractivity contribution >= 4 is 17.2 Å². The van der Waals surface area contributed by atoms with Crippen LogP contribution in [0.4, 0.5) is 0 Å². The summed E-state index contributed by atoms with van der Waals surface area (Å²) in [6.07, 6.45) is 3.36. The van der Waals surface area contributed by atoms with Crippen LogP contribution in [0.5, 0.6) is 0 Å². The number of rotatable bonds is 0. The average Bonchev–Trinajstić information content (AvgIpc) is 2.70. The molecule has 1 aliphatic heterocycles. The molecule has 3 unspecified atom stereocenters. The van der Waals surface area contributed by atoms with Crippen molar-refractivity contribution in [3.8, 4) is 0 Å². The van der Waals surface area contributed by atoms with E-state index in [4.69, 9.17) is 9.98 Å². The molecule has 0 radical (unpaired) electrons. The Kier molecular flexibility index (Phi) is 2.25. The Morgan fingerprint density at radius 1 is 1.00 bits per heavy atom. The summed E-state index contributed by atoms with van der Waals surface area (Å²) in [5, 5.41) is 0. The number of aliphatic imine (C=N–C) groups is 2. The monoisotopic (exact) mass is 252 g/mol. The minimum atomic E-state index is 0.0615. The number of nitrogens with zero attached hydrogens (tertiary/aromatic N) is 2. The molecule has 1 aromatic carbocycles. The lowest BCUT2D eigenvalue weighted by atomic mass is 9.83. The summed E-state index contributed by atoms with van der Waals surface area (Å²) >= 11 is 0. The maximum absolute atomic E-state index is 12.4. The second-order valence-corrected chi connectivity index (χ2v) is 5.88. The first-order valence-electron chi connectivity index (χ1n) is 7.04. The zero-order chi connectivity index (χ0) is 13.0. The van der Waals surface area contributed by atoms with Gasteiger partial charge in [0, 0.05) is 11.1 Å². The third kappa shape index (κ3) is 1.54. The molecule has 1 heterocycles. The predicted octanol–water partition coefficient (Wildman–Crippen LogP) is 2.68. The number of fused-ring (bicyclic) bond motifs is 4. The van der Waals surface area contributed by atoms with E-state index in [-0.39, 0.29) is 17.9 Å². The minimum absolute atomic E-state index is 0.0615. The fraction of sp³-hybridized carbons (Fsp3) is 0.438. The SMILES string of the molecule is CC1CCC2N=C3C(=O)c4ccccc4C3=NC2C1. The van der Waals surface area contributed by atoms with Crippen LogP contribution in [0.2, 0.25) is 0 Å². The third-order valence-corrected chi connectivity index (χ3v) is 4.50. The average molecular weight is 252 g/mol. The van der Waals surface area contributed by atoms with Gasteiger partial charge in [0.25, 0.3) is 0 Å². The van der Waals surface area contributed by atoms with Crippen LogP contribution in [0.1, 0.15) is 42.1 Å². The van der Waals surface area contributed by atoms with Gasteiger partial charge in [0.15, 0.2) is 0 Å². The van der Waals surface area contributed by atoms with Gasteiger partial charge in [-0.2, -0.15) is 0 Å². The molecule has 1 aromatic rings. The highest BCUT2D eigenvalue weighted by Crippen LogP contribution is 2.34. The molecule has 1 fully saturated rings.